The molecule has 4 rings (SSSR count). The summed E-state index contributed by atoms with van der Waals surface area (Å²) in [6.07, 6.45) is -0.899. The third-order valence-electron chi connectivity index (χ3n) is 5.53. The minimum atomic E-state index is -4.75. The molecule has 0 bridgehead atoms. The molecule has 2 fully saturated rings. The van der Waals surface area contributed by atoms with Crippen LogP contribution in [0.3, 0.4) is 0 Å². The third-order valence-corrected chi connectivity index (χ3v) is 6.57. The molecule has 164 valence electrons. The van der Waals surface area contributed by atoms with E-state index in [4.69, 9.17) is 4.74 Å². The number of amides is 1. The first kappa shape index (κ1) is 21.3. The molecule has 1 amide bonds. The Balaban J connectivity index is 1.56. The molecule has 6 nitrogen and oxygen atoms in total. The number of fused-ring (bicyclic) bond motifs is 1. The number of halogens is 3. The summed E-state index contributed by atoms with van der Waals surface area (Å²) >= 11 is 1.22. The van der Waals surface area contributed by atoms with E-state index in [0.29, 0.717) is 41.7 Å². The van der Waals surface area contributed by atoms with E-state index >= 15 is 0 Å². The second-order valence-corrected chi connectivity index (χ2v) is 8.61. The number of hydrogen-bond acceptors (Lipinski definition) is 6. The summed E-state index contributed by atoms with van der Waals surface area (Å²) in [6, 6.07) is 4.07. The van der Waals surface area contributed by atoms with Gasteiger partial charge in [-0.1, -0.05) is 24.2 Å². The Bertz CT molecular complexity index is 877. The molecule has 0 unspecified atom stereocenters. The van der Waals surface area contributed by atoms with Gasteiger partial charge in [-0.2, -0.15) is 0 Å². The number of morpholine rings is 1. The molecule has 1 aliphatic heterocycles. The van der Waals surface area contributed by atoms with E-state index in [2.05, 4.69) is 14.6 Å². The molecule has 2 aromatic rings. The van der Waals surface area contributed by atoms with Crippen molar-refractivity contribution < 1.29 is 27.4 Å². The molecule has 30 heavy (non-hydrogen) atoms. The van der Waals surface area contributed by atoms with Gasteiger partial charge in [0, 0.05) is 38.2 Å². The maximum Gasteiger partial charge on any atom is 0.573 e. The highest BCUT2D eigenvalue weighted by Crippen LogP contribution is 2.35. The molecule has 2 aliphatic rings. The Morgan fingerprint density at radius 1 is 1.27 bits per heavy atom. The molecule has 1 aromatic carbocycles. The second-order valence-electron chi connectivity index (χ2n) is 7.60. The Kier molecular flexibility index (Phi) is 6.45. The van der Waals surface area contributed by atoms with Crippen molar-refractivity contribution >= 4 is 32.6 Å². The van der Waals surface area contributed by atoms with E-state index in [1.807, 2.05) is 0 Å². The number of ether oxygens (including phenoxy) is 2. The van der Waals surface area contributed by atoms with Gasteiger partial charge >= 0.3 is 6.36 Å². The van der Waals surface area contributed by atoms with Crippen molar-refractivity contribution in [3.05, 3.63) is 18.2 Å². The molecular formula is C20H24F3N3O3S. The predicted molar refractivity (Wildman–Crippen MR) is 108 cm³/mol. The first-order chi connectivity index (χ1) is 14.4. The molecule has 1 saturated carbocycles. The zero-order valence-electron chi connectivity index (χ0n) is 16.5. The van der Waals surface area contributed by atoms with Gasteiger partial charge in [0.1, 0.15) is 5.75 Å². The fourth-order valence-electron chi connectivity index (χ4n) is 3.96. The van der Waals surface area contributed by atoms with E-state index in [1.165, 1.54) is 29.5 Å². The van der Waals surface area contributed by atoms with Crippen molar-refractivity contribution in [2.24, 2.45) is 5.92 Å². The van der Waals surface area contributed by atoms with Crippen LogP contribution in [0.15, 0.2) is 18.2 Å². The van der Waals surface area contributed by atoms with Gasteiger partial charge in [-0.25, -0.2) is 4.98 Å². The van der Waals surface area contributed by atoms with Crippen molar-refractivity contribution in [2.45, 2.75) is 32.0 Å². The molecule has 0 N–H and O–H groups in total. The maximum atomic E-state index is 13.2. The minimum Gasteiger partial charge on any atom is -0.406 e. The molecule has 1 saturated heterocycles. The summed E-state index contributed by atoms with van der Waals surface area (Å²) in [5, 5.41) is 0.527. The molecule has 0 spiro atoms. The highest BCUT2D eigenvalue weighted by Gasteiger charge is 2.32. The Morgan fingerprint density at radius 3 is 2.70 bits per heavy atom. The van der Waals surface area contributed by atoms with Gasteiger partial charge in [-0.3, -0.25) is 14.6 Å². The van der Waals surface area contributed by atoms with Gasteiger partial charge in [0.05, 0.1) is 23.4 Å². The van der Waals surface area contributed by atoms with Crippen LogP contribution in [0, 0.1) is 5.92 Å². The van der Waals surface area contributed by atoms with Crippen LogP contribution in [0.1, 0.15) is 25.7 Å². The van der Waals surface area contributed by atoms with Crippen molar-refractivity contribution in [2.75, 3.05) is 44.3 Å². The van der Waals surface area contributed by atoms with Crippen molar-refractivity contribution in [1.29, 1.82) is 0 Å². The molecule has 1 aromatic heterocycles. The Hall–Kier alpha value is -1.91. The van der Waals surface area contributed by atoms with Gasteiger partial charge in [0.15, 0.2) is 5.13 Å². The number of rotatable bonds is 6. The van der Waals surface area contributed by atoms with E-state index in [-0.39, 0.29) is 17.6 Å². The minimum absolute atomic E-state index is 0.00850. The maximum absolute atomic E-state index is 13.2. The molecule has 10 heteroatoms. The summed E-state index contributed by atoms with van der Waals surface area (Å²) < 4.78 is 47.5. The topological polar surface area (TPSA) is 54.9 Å². The summed E-state index contributed by atoms with van der Waals surface area (Å²) in [5.74, 6) is -0.232. The molecular weight excluding hydrogens is 419 g/mol. The van der Waals surface area contributed by atoms with Crippen LogP contribution in [-0.4, -0.2) is 61.5 Å². The summed E-state index contributed by atoms with van der Waals surface area (Å²) in [7, 11) is 0. The van der Waals surface area contributed by atoms with Crippen LogP contribution in [0.2, 0.25) is 0 Å². The predicted octanol–water partition coefficient (Wildman–Crippen LogP) is 4.05. The zero-order valence-corrected chi connectivity index (χ0v) is 17.3. The first-order valence-electron chi connectivity index (χ1n) is 10.2. The highest BCUT2D eigenvalue weighted by molar-refractivity contribution is 7.22. The van der Waals surface area contributed by atoms with Gasteiger partial charge in [0.25, 0.3) is 0 Å². The van der Waals surface area contributed by atoms with Crippen LogP contribution in [0.4, 0.5) is 18.3 Å². The van der Waals surface area contributed by atoms with Gasteiger partial charge in [-0.05, 0) is 25.0 Å². The molecule has 1 aliphatic carbocycles. The van der Waals surface area contributed by atoms with Crippen molar-refractivity contribution in [3.8, 4) is 5.75 Å². The van der Waals surface area contributed by atoms with Crippen LogP contribution in [0.5, 0.6) is 5.75 Å². The van der Waals surface area contributed by atoms with Gasteiger partial charge in [0.2, 0.25) is 5.91 Å². The smallest absolute Gasteiger partial charge is 0.406 e. The number of hydrogen-bond donors (Lipinski definition) is 0. The zero-order chi connectivity index (χ0) is 21.1. The molecule has 0 atom stereocenters. The quantitative estimate of drug-likeness (QED) is 0.674. The second kappa shape index (κ2) is 9.07. The van der Waals surface area contributed by atoms with Crippen LogP contribution in [0.25, 0.3) is 10.2 Å². The number of anilines is 1. The fourth-order valence-corrected chi connectivity index (χ4v) is 4.99. The number of carbonyl (C=O) groups is 1. The van der Waals surface area contributed by atoms with Crippen molar-refractivity contribution in [1.82, 2.24) is 9.88 Å². The van der Waals surface area contributed by atoms with Crippen LogP contribution >= 0.6 is 11.3 Å². The van der Waals surface area contributed by atoms with Crippen LogP contribution < -0.4 is 9.64 Å². The molecule has 0 radical (unpaired) electrons. The summed E-state index contributed by atoms with van der Waals surface area (Å²) in [6.45, 7) is 4.22. The van der Waals surface area contributed by atoms with Gasteiger partial charge in [-0.15, -0.1) is 13.2 Å². The van der Waals surface area contributed by atoms with Crippen LogP contribution in [-0.2, 0) is 9.53 Å². The number of thiazole rings is 1. The largest absolute Gasteiger partial charge is 0.573 e. The number of nitrogens with zero attached hydrogens (tertiary/aromatic N) is 3. The monoisotopic (exact) mass is 443 g/mol. The number of alkyl halides is 3. The lowest BCUT2D eigenvalue weighted by Crippen LogP contribution is -2.44. The van der Waals surface area contributed by atoms with E-state index in [1.54, 1.807) is 4.90 Å². The highest BCUT2D eigenvalue weighted by atomic mass is 32.1. The third kappa shape index (κ3) is 5.22. The van der Waals surface area contributed by atoms with E-state index < -0.39 is 6.36 Å². The van der Waals surface area contributed by atoms with Crippen molar-refractivity contribution in [3.63, 3.8) is 0 Å². The average molecular weight is 443 g/mol. The average Bonchev–Trinajstić information content (AvgIpc) is 3.37. The first-order valence-corrected chi connectivity index (χ1v) is 11.0. The number of carbonyl (C=O) groups excluding carboxylic acids is 1. The lowest BCUT2D eigenvalue weighted by atomic mass is 10.1. The Morgan fingerprint density at radius 2 is 2.00 bits per heavy atom. The standard InChI is InChI=1S/C20H24F3N3O3S/c21-20(22,23)29-15-5-6-16-17(13-15)30-19(24-16)26(18(27)14-3-1-2-4-14)8-7-25-9-11-28-12-10-25/h5-6,13-14H,1-4,7-12H2. The lowest BCUT2D eigenvalue weighted by Gasteiger charge is -2.30. The molecule has 2 heterocycles. The summed E-state index contributed by atoms with van der Waals surface area (Å²) in [5.41, 5.74) is 0.556. The fraction of sp³-hybridized carbons (Fsp3) is 0.600. The lowest BCUT2D eigenvalue weighted by molar-refractivity contribution is -0.274. The number of aromatic nitrogens is 1. The number of benzene rings is 1. The normalized spacial score (nSPS) is 18.8. The van der Waals surface area contributed by atoms with E-state index in [9.17, 15) is 18.0 Å². The van der Waals surface area contributed by atoms with Gasteiger partial charge < -0.3 is 9.47 Å². The SMILES string of the molecule is O=C(C1CCCC1)N(CCN1CCOCC1)c1nc2ccc(OC(F)(F)F)cc2s1. The Labute approximate surface area is 176 Å². The van der Waals surface area contributed by atoms with E-state index in [0.717, 1.165) is 38.8 Å². The summed E-state index contributed by atoms with van der Waals surface area (Å²) in [4.78, 5) is 21.8.